The fourth-order valence-corrected chi connectivity index (χ4v) is 3.59. The average molecular weight is 345 g/mol. The number of urea groups is 1. The zero-order chi connectivity index (χ0) is 18.0. The second-order valence-corrected chi connectivity index (χ2v) is 6.91. The molecular formula is C19H24FN3O2. The third-order valence-electron chi connectivity index (χ3n) is 4.98. The van der Waals surface area contributed by atoms with E-state index in [4.69, 9.17) is 4.52 Å². The number of nitrogens with zero attached hydrogens (tertiary/aromatic N) is 2. The first kappa shape index (κ1) is 17.5. The number of likely N-dealkylation sites (tertiary alicyclic amines) is 1. The Balaban J connectivity index is 1.76. The van der Waals surface area contributed by atoms with Crippen molar-refractivity contribution in [3.05, 3.63) is 47.1 Å². The Morgan fingerprint density at radius 3 is 2.80 bits per heavy atom. The lowest BCUT2D eigenvalue weighted by Gasteiger charge is -2.35. The van der Waals surface area contributed by atoms with Gasteiger partial charge in [-0.1, -0.05) is 24.2 Å². The zero-order valence-corrected chi connectivity index (χ0v) is 14.9. The highest BCUT2D eigenvalue weighted by atomic mass is 19.1. The molecule has 1 aromatic carbocycles. The van der Waals surface area contributed by atoms with Crippen LogP contribution in [0.2, 0.25) is 0 Å². The fraction of sp³-hybridized carbons (Fsp3) is 0.474. The molecule has 1 aromatic heterocycles. The molecule has 1 fully saturated rings. The van der Waals surface area contributed by atoms with Crippen LogP contribution in [0.3, 0.4) is 0 Å². The van der Waals surface area contributed by atoms with Crippen molar-refractivity contribution in [2.45, 2.75) is 52.0 Å². The maximum atomic E-state index is 13.1. The van der Waals surface area contributed by atoms with E-state index >= 15 is 0 Å². The maximum absolute atomic E-state index is 13.1. The van der Waals surface area contributed by atoms with Crippen molar-refractivity contribution in [2.75, 3.05) is 11.9 Å². The van der Waals surface area contributed by atoms with Crippen molar-refractivity contribution in [3.63, 3.8) is 0 Å². The third-order valence-corrected chi connectivity index (χ3v) is 4.98. The SMILES string of the molecule is CCc1onc(C)c1NC(=O)N1CCCC1(C)Cc1ccc(F)cc1. The van der Waals surface area contributed by atoms with Crippen LogP contribution in [0.1, 0.15) is 43.7 Å². The van der Waals surface area contributed by atoms with Gasteiger partial charge >= 0.3 is 6.03 Å². The highest BCUT2D eigenvalue weighted by molar-refractivity contribution is 5.91. The van der Waals surface area contributed by atoms with E-state index < -0.39 is 0 Å². The van der Waals surface area contributed by atoms with Gasteiger partial charge in [0.25, 0.3) is 0 Å². The summed E-state index contributed by atoms with van der Waals surface area (Å²) < 4.78 is 18.4. The Bertz CT molecular complexity index is 757. The van der Waals surface area contributed by atoms with Gasteiger partial charge in [-0.25, -0.2) is 9.18 Å². The largest absolute Gasteiger partial charge is 0.359 e. The fourth-order valence-electron chi connectivity index (χ4n) is 3.59. The van der Waals surface area contributed by atoms with Gasteiger partial charge in [-0.15, -0.1) is 0 Å². The molecular weight excluding hydrogens is 321 g/mol. The summed E-state index contributed by atoms with van der Waals surface area (Å²) in [5, 5.41) is 6.91. The summed E-state index contributed by atoms with van der Waals surface area (Å²) >= 11 is 0. The second-order valence-electron chi connectivity index (χ2n) is 6.91. The van der Waals surface area contributed by atoms with E-state index in [9.17, 15) is 9.18 Å². The molecule has 2 amide bonds. The molecule has 0 radical (unpaired) electrons. The molecule has 1 saturated heterocycles. The summed E-state index contributed by atoms with van der Waals surface area (Å²) in [6.07, 6.45) is 3.24. The van der Waals surface area contributed by atoms with E-state index in [1.54, 1.807) is 12.1 Å². The molecule has 6 heteroatoms. The smallest absolute Gasteiger partial charge is 0.322 e. The van der Waals surface area contributed by atoms with Crippen LogP contribution in [0.4, 0.5) is 14.9 Å². The number of aromatic nitrogens is 1. The van der Waals surface area contributed by atoms with Gasteiger partial charge in [0.15, 0.2) is 5.76 Å². The first-order valence-electron chi connectivity index (χ1n) is 8.71. The number of rotatable bonds is 4. The number of benzene rings is 1. The average Bonchev–Trinajstić information content (AvgIpc) is 3.13. The van der Waals surface area contributed by atoms with Crippen LogP contribution in [0.5, 0.6) is 0 Å². The Kier molecular flexibility index (Phi) is 4.79. The van der Waals surface area contributed by atoms with Gasteiger partial charge < -0.3 is 14.7 Å². The van der Waals surface area contributed by atoms with Gasteiger partial charge in [0.2, 0.25) is 0 Å². The molecule has 134 valence electrons. The molecule has 0 spiro atoms. The molecule has 0 aliphatic carbocycles. The van der Waals surface area contributed by atoms with E-state index in [0.29, 0.717) is 36.5 Å². The molecule has 1 atom stereocenters. The van der Waals surface area contributed by atoms with Gasteiger partial charge in [-0.3, -0.25) is 0 Å². The van der Waals surface area contributed by atoms with Crippen LogP contribution in [0.15, 0.2) is 28.8 Å². The van der Waals surface area contributed by atoms with Gasteiger partial charge in [-0.2, -0.15) is 0 Å². The summed E-state index contributed by atoms with van der Waals surface area (Å²) in [5.74, 6) is 0.440. The zero-order valence-electron chi connectivity index (χ0n) is 14.9. The second kappa shape index (κ2) is 6.86. The van der Waals surface area contributed by atoms with Crippen LogP contribution in [-0.4, -0.2) is 28.2 Å². The topological polar surface area (TPSA) is 58.4 Å². The van der Waals surface area contributed by atoms with Crippen molar-refractivity contribution in [2.24, 2.45) is 0 Å². The number of amides is 2. The Morgan fingerprint density at radius 1 is 1.40 bits per heavy atom. The van der Waals surface area contributed by atoms with E-state index in [1.165, 1.54) is 12.1 Å². The normalized spacial score (nSPS) is 20.1. The van der Waals surface area contributed by atoms with Gasteiger partial charge in [0, 0.05) is 18.5 Å². The van der Waals surface area contributed by atoms with E-state index in [2.05, 4.69) is 17.4 Å². The van der Waals surface area contributed by atoms with Crippen molar-refractivity contribution in [1.29, 1.82) is 0 Å². The predicted octanol–water partition coefficient (Wildman–Crippen LogP) is 4.31. The highest BCUT2D eigenvalue weighted by Gasteiger charge is 2.40. The molecule has 2 aromatic rings. The minimum absolute atomic E-state index is 0.136. The summed E-state index contributed by atoms with van der Waals surface area (Å²) in [5.41, 5.74) is 2.09. The van der Waals surface area contributed by atoms with E-state index in [1.807, 2.05) is 18.7 Å². The summed E-state index contributed by atoms with van der Waals surface area (Å²) in [6, 6.07) is 6.36. The van der Waals surface area contributed by atoms with E-state index in [-0.39, 0.29) is 17.4 Å². The summed E-state index contributed by atoms with van der Waals surface area (Å²) in [4.78, 5) is 14.8. The number of carbonyl (C=O) groups is 1. The number of hydrogen-bond donors (Lipinski definition) is 1. The molecule has 3 rings (SSSR count). The summed E-state index contributed by atoms with van der Waals surface area (Å²) in [7, 11) is 0. The van der Waals surface area contributed by atoms with Crippen molar-refractivity contribution < 1.29 is 13.7 Å². The molecule has 1 unspecified atom stereocenters. The molecule has 1 aliphatic rings. The highest BCUT2D eigenvalue weighted by Crippen LogP contribution is 2.33. The number of hydrogen-bond acceptors (Lipinski definition) is 3. The van der Waals surface area contributed by atoms with Crippen LogP contribution < -0.4 is 5.32 Å². The lowest BCUT2D eigenvalue weighted by atomic mass is 9.90. The Morgan fingerprint density at radius 2 is 2.12 bits per heavy atom. The van der Waals surface area contributed by atoms with Crippen LogP contribution in [0.25, 0.3) is 0 Å². The quantitative estimate of drug-likeness (QED) is 0.898. The molecule has 5 nitrogen and oxygen atoms in total. The predicted molar refractivity (Wildman–Crippen MR) is 94.1 cm³/mol. The third kappa shape index (κ3) is 3.52. The van der Waals surface area contributed by atoms with Crippen LogP contribution in [-0.2, 0) is 12.8 Å². The van der Waals surface area contributed by atoms with E-state index in [0.717, 1.165) is 18.4 Å². The number of carbonyl (C=O) groups excluding carboxylic acids is 1. The number of halogens is 1. The number of anilines is 1. The van der Waals surface area contributed by atoms with Crippen molar-refractivity contribution in [1.82, 2.24) is 10.1 Å². The number of nitrogens with one attached hydrogen (secondary N) is 1. The monoisotopic (exact) mass is 345 g/mol. The summed E-state index contributed by atoms with van der Waals surface area (Å²) in [6.45, 7) is 6.57. The Labute approximate surface area is 147 Å². The minimum atomic E-state index is -0.292. The molecule has 0 saturated carbocycles. The molecule has 0 bridgehead atoms. The Hall–Kier alpha value is -2.37. The lowest BCUT2D eigenvalue weighted by molar-refractivity contribution is 0.167. The van der Waals surface area contributed by atoms with Crippen molar-refractivity contribution >= 4 is 11.7 Å². The molecule has 1 N–H and O–H groups in total. The first-order chi connectivity index (χ1) is 11.9. The van der Waals surface area contributed by atoms with Crippen LogP contribution >= 0.6 is 0 Å². The first-order valence-corrected chi connectivity index (χ1v) is 8.71. The molecule has 25 heavy (non-hydrogen) atoms. The van der Waals surface area contributed by atoms with Gasteiger partial charge in [0.05, 0.1) is 0 Å². The van der Waals surface area contributed by atoms with Gasteiger partial charge in [-0.05, 0) is 50.8 Å². The van der Waals surface area contributed by atoms with Gasteiger partial charge in [0.1, 0.15) is 17.2 Å². The molecule has 2 heterocycles. The lowest BCUT2D eigenvalue weighted by Crippen LogP contribution is -2.48. The van der Waals surface area contributed by atoms with Crippen LogP contribution in [0, 0.1) is 12.7 Å². The standard InChI is InChI=1S/C19H24FN3O2/c1-4-16-17(13(2)22-25-16)21-18(24)23-11-5-10-19(23,3)12-14-6-8-15(20)9-7-14/h6-9H,4-5,10-12H2,1-3H3,(H,21,24). The maximum Gasteiger partial charge on any atom is 0.322 e. The van der Waals surface area contributed by atoms with Crippen molar-refractivity contribution in [3.8, 4) is 0 Å². The number of aryl methyl sites for hydroxylation is 2. The minimum Gasteiger partial charge on any atom is -0.359 e. The molecule has 1 aliphatic heterocycles.